The SMILES string of the molecule is Clc1ncnc2c(I)cnn12. The Bertz CT molecular complexity index is 398. The van der Waals surface area contributed by atoms with Gasteiger partial charge < -0.3 is 0 Å². The molecular weight excluding hydrogens is 278 g/mol. The van der Waals surface area contributed by atoms with E-state index in [1.54, 1.807) is 6.20 Å². The van der Waals surface area contributed by atoms with Crippen molar-refractivity contribution in [2.45, 2.75) is 0 Å². The molecule has 0 radical (unpaired) electrons. The molecule has 0 atom stereocenters. The van der Waals surface area contributed by atoms with Gasteiger partial charge in [0.25, 0.3) is 0 Å². The third-order valence-electron chi connectivity index (χ3n) is 1.22. The van der Waals surface area contributed by atoms with Gasteiger partial charge in [-0.2, -0.15) is 9.61 Å². The van der Waals surface area contributed by atoms with Crippen LogP contribution < -0.4 is 0 Å². The third kappa shape index (κ3) is 1.08. The zero-order valence-electron chi connectivity index (χ0n) is 5.20. The summed E-state index contributed by atoms with van der Waals surface area (Å²) in [5.41, 5.74) is 0.741. The van der Waals surface area contributed by atoms with E-state index in [9.17, 15) is 0 Å². The topological polar surface area (TPSA) is 43.1 Å². The van der Waals surface area contributed by atoms with Crippen molar-refractivity contribution in [3.63, 3.8) is 0 Å². The second kappa shape index (κ2) is 2.56. The lowest BCUT2D eigenvalue weighted by molar-refractivity contribution is 0.892. The molecule has 0 aliphatic rings. The summed E-state index contributed by atoms with van der Waals surface area (Å²) < 4.78 is 2.45. The van der Waals surface area contributed by atoms with Gasteiger partial charge in [0.2, 0.25) is 5.28 Å². The Kier molecular flexibility index (Phi) is 1.68. The summed E-state index contributed by atoms with van der Waals surface area (Å²) in [5.74, 6) is 0. The summed E-state index contributed by atoms with van der Waals surface area (Å²) in [6.45, 7) is 0. The smallest absolute Gasteiger partial charge is 0.216 e. The number of hydrogen-bond acceptors (Lipinski definition) is 3. The largest absolute Gasteiger partial charge is 0.227 e. The lowest BCUT2D eigenvalue weighted by atomic mass is 10.7. The van der Waals surface area contributed by atoms with E-state index in [4.69, 9.17) is 11.6 Å². The fourth-order valence-corrected chi connectivity index (χ4v) is 1.42. The van der Waals surface area contributed by atoms with Crippen molar-refractivity contribution >= 4 is 39.8 Å². The van der Waals surface area contributed by atoms with E-state index >= 15 is 0 Å². The zero-order valence-corrected chi connectivity index (χ0v) is 8.11. The molecule has 2 aromatic rings. The van der Waals surface area contributed by atoms with Crippen LogP contribution in [-0.2, 0) is 0 Å². The molecule has 0 fully saturated rings. The van der Waals surface area contributed by atoms with Crippen LogP contribution in [0.3, 0.4) is 0 Å². The number of fused-ring (bicyclic) bond motifs is 1. The number of nitrogens with zero attached hydrogens (tertiary/aromatic N) is 4. The molecule has 0 saturated carbocycles. The molecule has 0 bridgehead atoms. The molecule has 0 saturated heterocycles. The molecule has 2 heterocycles. The minimum atomic E-state index is 0.331. The Morgan fingerprint density at radius 1 is 1.45 bits per heavy atom. The van der Waals surface area contributed by atoms with E-state index in [0.29, 0.717) is 5.28 Å². The van der Waals surface area contributed by atoms with Crippen LogP contribution in [0.2, 0.25) is 5.28 Å². The Labute approximate surface area is 80.7 Å². The summed E-state index contributed by atoms with van der Waals surface area (Å²) >= 11 is 7.85. The lowest BCUT2D eigenvalue weighted by Crippen LogP contribution is -1.93. The van der Waals surface area contributed by atoms with Gasteiger partial charge in [0.15, 0.2) is 5.65 Å². The maximum absolute atomic E-state index is 5.72. The maximum Gasteiger partial charge on any atom is 0.227 e. The van der Waals surface area contributed by atoms with Crippen LogP contribution in [0.5, 0.6) is 0 Å². The molecule has 0 unspecified atom stereocenters. The van der Waals surface area contributed by atoms with Gasteiger partial charge in [-0.05, 0) is 34.2 Å². The molecule has 0 aliphatic heterocycles. The first-order valence-corrected chi connectivity index (χ1v) is 4.24. The van der Waals surface area contributed by atoms with E-state index in [1.165, 1.54) is 10.8 Å². The predicted octanol–water partition coefficient (Wildman–Crippen LogP) is 1.38. The normalized spacial score (nSPS) is 10.7. The number of hydrogen-bond donors (Lipinski definition) is 0. The molecule has 4 nitrogen and oxygen atoms in total. The fraction of sp³-hybridized carbons (Fsp3) is 0. The van der Waals surface area contributed by atoms with Crippen LogP contribution in [0.15, 0.2) is 12.5 Å². The van der Waals surface area contributed by atoms with Gasteiger partial charge in [-0.3, -0.25) is 0 Å². The van der Waals surface area contributed by atoms with Crippen molar-refractivity contribution in [3.05, 3.63) is 21.4 Å². The van der Waals surface area contributed by atoms with Crippen LogP contribution in [0, 0.1) is 3.57 Å². The molecule has 0 amide bonds. The Balaban J connectivity index is 2.94. The molecule has 0 aromatic carbocycles. The van der Waals surface area contributed by atoms with E-state index in [1.807, 2.05) is 0 Å². The van der Waals surface area contributed by atoms with Crippen molar-refractivity contribution in [1.29, 1.82) is 0 Å². The van der Waals surface area contributed by atoms with Gasteiger partial charge in [-0.25, -0.2) is 9.97 Å². The van der Waals surface area contributed by atoms with Crippen molar-refractivity contribution < 1.29 is 0 Å². The molecule has 2 rings (SSSR count). The quantitative estimate of drug-likeness (QED) is 0.685. The van der Waals surface area contributed by atoms with Gasteiger partial charge in [-0.15, -0.1) is 0 Å². The van der Waals surface area contributed by atoms with E-state index in [-0.39, 0.29) is 0 Å². The summed E-state index contributed by atoms with van der Waals surface area (Å²) in [4.78, 5) is 7.77. The molecule has 2 aromatic heterocycles. The highest BCUT2D eigenvalue weighted by molar-refractivity contribution is 14.1. The predicted molar refractivity (Wildman–Crippen MR) is 48.5 cm³/mol. The summed E-state index contributed by atoms with van der Waals surface area (Å²) in [5, 5.41) is 4.30. The summed E-state index contributed by atoms with van der Waals surface area (Å²) in [6, 6.07) is 0. The highest BCUT2D eigenvalue weighted by Gasteiger charge is 2.04. The van der Waals surface area contributed by atoms with E-state index in [2.05, 4.69) is 37.7 Å². The Morgan fingerprint density at radius 2 is 2.27 bits per heavy atom. The molecule has 0 aliphatic carbocycles. The molecule has 6 heteroatoms. The van der Waals surface area contributed by atoms with Crippen LogP contribution in [0.1, 0.15) is 0 Å². The number of halogens is 2. The van der Waals surface area contributed by atoms with Crippen LogP contribution in [0.25, 0.3) is 5.65 Å². The summed E-state index contributed by atoms with van der Waals surface area (Å²) in [6.07, 6.45) is 3.11. The maximum atomic E-state index is 5.72. The minimum Gasteiger partial charge on any atom is -0.216 e. The van der Waals surface area contributed by atoms with Crippen molar-refractivity contribution in [1.82, 2.24) is 19.6 Å². The van der Waals surface area contributed by atoms with Crippen molar-refractivity contribution in [2.24, 2.45) is 0 Å². The molecular formula is C5H2ClIN4. The van der Waals surface area contributed by atoms with Crippen LogP contribution in [0.4, 0.5) is 0 Å². The minimum absolute atomic E-state index is 0.331. The van der Waals surface area contributed by atoms with Crippen LogP contribution >= 0.6 is 34.2 Å². The van der Waals surface area contributed by atoms with Gasteiger partial charge in [0, 0.05) is 0 Å². The van der Waals surface area contributed by atoms with Crippen LogP contribution in [-0.4, -0.2) is 19.6 Å². The van der Waals surface area contributed by atoms with E-state index in [0.717, 1.165) is 9.22 Å². The Morgan fingerprint density at radius 3 is 3.00 bits per heavy atom. The molecule has 0 spiro atoms. The molecule has 0 N–H and O–H groups in total. The average Bonchev–Trinajstić information content (AvgIpc) is 2.35. The number of rotatable bonds is 0. The highest BCUT2D eigenvalue weighted by atomic mass is 127. The van der Waals surface area contributed by atoms with Gasteiger partial charge in [0.1, 0.15) is 6.33 Å². The average molecular weight is 280 g/mol. The van der Waals surface area contributed by atoms with Gasteiger partial charge >= 0.3 is 0 Å². The lowest BCUT2D eigenvalue weighted by Gasteiger charge is -1.92. The first-order valence-electron chi connectivity index (χ1n) is 2.79. The second-order valence-electron chi connectivity index (χ2n) is 1.87. The second-order valence-corrected chi connectivity index (χ2v) is 3.37. The van der Waals surface area contributed by atoms with Gasteiger partial charge in [0.05, 0.1) is 9.77 Å². The van der Waals surface area contributed by atoms with Crippen molar-refractivity contribution in [3.8, 4) is 0 Å². The first-order chi connectivity index (χ1) is 5.29. The Hall–Kier alpha value is -0.430. The standard InChI is InChI=1S/C5H2ClIN4/c6-5-9-2-8-4-3(7)1-10-11(4)5/h1-2H. The molecule has 56 valence electrons. The zero-order chi connectivity index (χ0) is 7.84. The highest BCUT2D eigenvalue weighted by Crippen LogP contribution is 2.12. The van der Waals surface area contributed by atoms with Gasteiger partial charge in [-0.1, -0.05) is 0 Å². The first kappa shape index (κ1) is 7.23. The number of aromatic nitrogens is 4. The fourth-order valence-electron chi connectivity index (χ4n) is 0.759. The van der Waals surface area contributed by atoms with E-state index < -0.39 is 0 Å². The monoisotopic (exact) mass is 280 g/mol. The van der Waals surface area contributed by atoms with Crippen molar-refractivity contribution in [2.75, 3.05) is 0 Å². The molecule has 11 heavy (non-hydrogen) atoms. The summed E-state index contributed by atoms with van der Waals surface area (Å²) in [7, 11) is 0. The third-order valence-corrected chi connectivity index (χ3v) is 2.24.